The van der Waals surface area contributed by atoms with Crippen LogP contribution in [-0.2, 0) is 9.84 Å². The molecule has 114 valence electrons. The van der Waals surface area contributed by atoms with Crippen molar-refractivity contribution < 1.29 is 21.6 Å². The molecular weight excluding hydrogens is 293 g/mol. The standard InChI is InChI=1S/C12H17F3N2O2S/c1-17(3-4-20(2,18)19)11(7-16)8-5-9(13)12(15)10(14)6-8/h5-6,11H,3-4,7,16H2,1-2H3. The monoisotopic (exact) mass is 310 g/mol. The maximum absolute atomic E-state index is 13.2. The number of nitrogens with two attached hydrogens (primary N) is 1. The van der Waals surface area contributed by atoms with Gasteiger partial charge in [0.15, 0.2) is 17.5 Å². The molecule has 1 rings (SSSR count). The Balaban J connectivity index is 2.95. The Morgan fingerprint density at radius 2 is 1.75 bits per heavy atom. The van der Waals surface area contributed by atoms with Crippen LogP contribution >= 0.6 is 0 Å². The van der Waals surface area contributed by atoms with Crippen LogP contribution in [0.3, 0.4) is 0 Å². The van der Waals surface area contributed by atoms with E-state index in [0.717, 1.165) is 18.4 Å². The summed E-state index contributed by atoms with van der Waals surface area (Å²) in [6.07, 6.45) is 1.09. The van der Waals surface area contributed by atoms with Gasteiger partial charge in [0.2, 0.25) is 0 Å². The summed E-state index contributed by atoms with van der Waals surface area (Å²) < 4.78 is 61.5. The first-order chi connectivity index (χ1) is 9.15. The van der Waals surface area contributed by atoms with E-state index in [0.29, 0.717) is 0 Å². The Morgan fingerprint density at radius 3 is 2.15 bits per heavy atom. The van der Waals surface area contributed by atoms with Crippen LogP contribution in [0.5, 0.6) is 0 Å². The lowest BCUT2D eigenvalue weighted by atomic mass is 10.1. The number of halogens is 3. The zero-order chi connectivity index (χ0) is 15.5. The number of hydrogen-bond acceptors (Lipinski definition) is 4. The smallest absolute Gasteiger partial charge is 0.194 e. The molecule has 1 unspecified atom stereocenters. The van der Waals surface area contributed by atoms with Gasteiger partial charge in [-0.1, -0.05) is 0 Å². The van der Waals surface area contributed by atoms with E-state index in [1.807, 2.05) is 0 Å². The molecule has 1 aromatic carbocycles. The molecule has 0 amide bonds. The van der Waals surface area contributed by atoms with Gasteiger partial charge in [0.05, 0.1) is 5.75 Å². The number of nitrogens with zero attached hydrogens (tertiary/aromatic N) is 1. The predicted octanol–water partition coefficient (Wildman–Crippen LogP) is 1.08. The number of hydrogen-bond donors (Lipinski definition) is 1. The highest BCUT2D eigenvalue weighted by molar-refractivity contribution is 7.90. The Morgan fingerprint density at radius 1 is 1.25 bits per heavy atom. The van der Waals surface area contributed by atoms with Gasteiger partial charge in [0, 0.05) is 25.4 Å². The van der Waals surface area contributed by atoms with E-state index in [9.17, 15) is 21.6 Å². The number of sulfone groups is 1. The van der Waals surface area contributed by atoms with Crippen LogP contribution in [0.4, 0.5) is 13.2 Å². The predicted molar refractivity (Wildman–Crippen MR) is 70.5 cm³/mol. The van der Waals surface area contributed by atoms with Crippen LogP contribution in [0.15, 0.2) is 12.1 Å². The van der Waals surface area contributed by atoms with Crippen molar-refractivity contribution in [3.8, 4) is 0 Å². The third-order valence-electron chi connectivity index (χ3n) is 2.96. The average molecular weight is 310 g/mol. The van der Waals surface area contributed by atoms with Gasteiger partial charge in [-0.3, -0.25) is 4.90 Å². The molecule has 0 aliphatic carbocycles. The van der Waals surface area contributed by atoms with Gasteiger partial charge in [-0.25, -0.2) is 21.6 Å². The van der Waals surface area contributed by atoms with Crippen molar-refractivity contribution in [2.75, 3.05) is 32.1 Å². The molecule has 0 fully saturated rings. The van der Waals surface area contributed by atoms with E-state index >= 15 is 0 Å². The van der Waals surface area contributed by atoms with Crippen LogP contribution in [0, 0.1) is 17.5 Å². The van der Waals surface area contributed by atoms with E-state index in [1.54, 1.807) is 11.9 Å². The van der Waals surface area contributed by atoms with E-state index in [-0.39, 0.29) is 24.4 Å². The zero-order valence-corrected chi connectivity index (χ0v) is 12.1. The highest BCUT2D eigenvalue weighted by atomic mass is 32.2. The number of benzene rings is 1. The Kier molecular flexibility index (Phi) is 5.55. The number of likely N-dealkylation sites (N-methyl/N-ethyl adjacent to an activating group) is 1. The molecule has 8 heteroatoms. The van der Waals surface area contributed by atoms with E-state index < -0.39 is 33.3 Å². The van der Waals surface area contributed by atoms with Gasteiger partial charge in [0.25, 0.3) is 0 Å². The maximum Gasteiger partial charge on any atom is 0.194 e. The Hall–Kier alpha value is -1.12. The van der Waals surface area contributed by atoms with Crippen LogP contribution in [0.2, 0.25) is 0 Å². The van der Waals surface area contributed by atoms with Crippen molar-refractivity contribution in [1.29, 1.82) is 0 Å². The fourth-order valence-corrected chi connectivity index (χ4v) is 2.42. The van der Waals surface area contributed by atoms with Gasteiger partial charge >= 0.3 is 0 Å². The number of rotatable bonds is 6. The first-order valence-electron chi connectivity index (χ1n) is 5.88. The molecule has 0 saturated heterocycles. The largest absolute Gasteiger partial charge is 0.329 e. The molecule has 2 N–H and O–H groups in total. The average Bonchev–Trinajstić information content (AvgIpc) is 2.33. The van der Waals surface area contributed by atoms with Gasteiger partial charge in [0.1, 0.15) is 9.84 Å². The minimum atomic E-state index is -3.16. The van der Waals surface area contributed by atoms with Crippen molar-refractivity contribution >= 4 is 9.84 Å². The molecule has 0 bridgehead atoms. The van der Waals surface area contributed by atoms with Gasteiger partial charge in [-0.15, -0.1) is 0 Å². The molecule has 0 aliphatic rings. The minimum Gasteiger partial charge on any atom is -0.329 e. The zero-order valence-electron chi connectivity index (χ0n) is 11.2. The summed E-state index contributed by atoms with van der Waals surface area (Å²) in [5, 5.41) is 0. The van der Waals surface area contributed by atoms with Gasteiger partial charge < -0.3 is 5.73 Å². The summed E-state index contributed by atoms with van der Waals surface area (Å²) in [5.41, 5.74) is 5.72. The van der Waals surface area contributed by atoms with Crippen molar-refractivity contribution in [1.82, 2.24) is 4.90 Å². The quantitative estimate of drug-likeness (QED) is 0.799. The Bertz CT molecular complexity index is 555. The first kappa shape index (κ1) is 16.9. The summed E-state index contributed by atoms with van der Waals surface area (Å²) in [6, 6.07) is 1.14. The highest BCUT2D eigenvalue weighted by Gasteiger charge is 2.20. The summed E-state index contributed by atoms with van der Waals surface area (Å²) in [6.45, 7) is 0.173. The highest BCUT2D eigenvalue weighted by Crippen LogP contribution is 2.22. The SMILES string of the molecule is CN(CCS(C)(=O)=O)C(CN)c1cc(F)c(F)c(F)c1. The fourth-order valence-electron chi connectivity index (χ4n) is 1.80. The van der Waals surface area contributed by atoms with Crippen LogP contribution in [-0.4, -0.2) is 45.5 Å². The maximum atomic E-state index is 13.2. The minimum absolute atomic E-state index is 0.0186. The lowest BCUT2D eigenvalue weighted by molar-refractivity contribution is 0.262. The van der Waals surface area contributed by atoms with Gasteiger partial charge in [-0.05, 0) is 24.7 Å². The molecule has 0 radical (unpaired) electrons. The molecule has 0 aliphatic heterocycles. The molecular formula is C12H17F3N2O2S. The van der Waals surface area contributed by atoms with Crippen LogP contribution in [0.1, 0.15) is 11.6 Å². The summed E-state index contributed by atoms with van der Waals surface area (Å²) in [7, 11) is -1.57. The van der Waals surface area contributed by atoms with E-state index in [4.69, 9.17) is 5.73 Å². The topological polar surface area (TPSA) is 63.4 Å². The van der Waals surface area contributed by atoms with Crippen LogP contribution < -0.4 is 5.73 Å². The molecule has 0 heterocycles. The third kappa shape index (κ3) is 4.46. The third-order valence-corrected chi connectivity index (χ3v) is 3.89. The molecule has 1 aromatic rings. The first-order valence-corrected chi connectivity index (χ1v) is 7.94. The lowest BCUT2D eigenvalue weighted by Gasteiger charge is -2.27. The van der Waals surface area contributed by atoms with Crippen molar-refractivity contribution in [2.24, 2.45) is 5.73 Å². The van der Waals surface area contributed by atoms with Crippen LogP contribution in [0.25, 0.3) is 0 Å². The summed E-state index contributed by atoms with van der Waals surface area (Å²) in [5.74, 6) is -4.24. The van der Waals surface area contributed by atoms with Crippen molar-refractivity contribution in [3.05, 3.63) is 35.1 Å². The summed E-state index contributed by atoms with van der Waals surface area (Å²) >= 11 is 0. The van der Waals surface area contributed by atoms with Crippen molar-refractivity contribution in [3.63, 3.8) is 0 Å². The molecule has 0 saturated carbocycles. The molecule has 1 atom stereocenters. The second-order valence-electron chi connectivity index (χ2n) is 4.66. The fraction of sp³-hybridized carbons (Fsp3) is 0.500. The van der Waals surface area contributed by atoms with Crippen molar-refractivity contribution in [2.45, 2.75) is 6.04 Å². The second-order valence-corrected chi connectivity index (χ2v) is 6.92. The van der Waals surface area contributed by atoms with E-state index in [2.05, 4.69) is 0 Å². The summed E-state index contributed by atoms with van der Waals surface area (Å²) in [4.78, 5) is 1.56. The molecule has 4 nitrogen and oxygen atoms in total. The van der Waals surface area contributed by atoms with E-state index in [1.165, 1.54) is 0 Å². The normalized spacial score (nSPS) is 13.8. The molecule has 20 heavy (non-hydrogen) atoms. The lowest BCUT2D eigenvalue weighted by Crippen LogP contribution is -2.34. The Labute approximate surface area is 116 Å². The van der Waals surface area contributed by atoms with Gasteiger partial charge in [-0.2, -0.15) is 0 Å². The molecule has 0 aromatic heterocycles. The molecule has 0 spiro atoms. The second kappa shape index (κ2) is 6.55.